The first kappa shape index (κ1) is 24.2. The second kappa shape index (κ2) is 10.5. The zero-order chi connectivity index (χ0) is 24.1. The van der Waals surface area contributed by atoms with Crippen LogP contribution in [0.3, 0.4) is 0 Å². The van der Waals surface area contributed by atoms with E-state index in [1.807, 2.05) is 50.2 Å². The van der Waals surface area contributed by atoms with E-state index in [0.29, 0.717) is 36.6 Å². The summed E-state index contributed by atoms with van der Waals surface area (Å²) in [5.41, 5.74) is 2.85. The van der Waals surface area contributed by atoms with Crippen molar-refractivity contribution < 1.29 is 28.9 Å². The van der Waals surface area contributed by atoms with Gasteiger partial charge in [-0.1, -0.05) is 26.0 Å². The Morgan fingerprint density at radius 2 is 1.70 bits per heavy atom. The number of aliphatic carboxylic acids is 1. The molecule has 2 aromatic carbocycles. The summed E-state index contributed by atoms with van der Waals surface area (Å²) in [4.78, 5) is 26.8. The second-order valence-electron chi connectivity index (χ2n) is 8.49. The van der Waals surface area contributed by atoms with E-state index in [9.17, 15) is 14.7 Å². The molecule has 0 radical (unpaired) electrons. The van der Waals surface area contributed by atoms with Crippen molar-refractivity contribution in [3.05, 3.63) is 53.1 Å². The van der Waals surface area contributed by atoms with Crippen molar-refractivity contribution in [1.82, 2.24) is 10.2 Å². The smallest absolute Gasteiger partial charge is 0.326 e. The third-order valence-corrected chi connectivity index (χ3v) is 5.87. The molecule has 33 heavy (non-hydrogen) atoms. The van der Waals surface area contributed by atoms with Gasteiger partial charge < -0.3 is 29.5 Å². The minimum absolute atomic E-state index is 0.127. The Morgan fingerprint density at radius 1 is 1.06 bits per heavy atom. The van der Waals surface area contributed by atoms with Crippen LogP contribution in [0.1, 0.15) is 43.0 Å². The molecule has 8 nitrogen and oxygen atoms in total. The molecule has 0 saturated heterocycles. The topological polar surface area (TPSA) is 97.3 Å². The van der Waals surface area contributed by atoms with Crippen molar-refractivity contribution in [3.63, 3.8) is 0 Å². The van der Waals surface area contributed by atoms with Crippen LogP contribution in [0.25, 0.3) is 0 Å². The highest BCUT2D eigenvalue weighted by molar-refractivity contribution is 5.83. The van der Waals surface area contributed by atoms with E-state index in [1.165, 1.54) is 0 Å². The lowest BCUT2D eigenvalue weighted by atomic mass is 9.87. The van der Waals surface area contributed by atoms with Crippen LogP contribution in [0.4, 0.5) is 4.79 Å². The number of ether oxygens (including phenoxy) is 3. The van der Waals surface area contributed by atoms with Crippen molar-refractivity contribution >= 4 is 12.0 Å². The standard InChI is InChI=1S/C25H32N2O6/c1-15(2)12-20(24(28)29)26-25(30)27-11-10-17-13-21(32-4)22(33-5)14-19(17)23(27)16-6-8-18(31-3)9-7-16/h6-9,13-15,20,23H,10-12H2,1-5H3,(H,26,30)(H,28,29)/t20-,23-/m0/s1. The summed E-state index contributed by atoms with van der Waals surface area (Å²) < 4.78 is 16.3. The minimum Gasteiger partial charge on any atom is -0.497 e. The number of benzene rings is 2. The number of rotatable bonds is 8. The molecule has 1 heterocycles. The second-order valence-corrected chi connectivity index (χ2v) is 8.49. The van der Waals surface area contributed by atoms with Crippen molar-refractivity contribution in [3.8, 4) is 17.2 Å². The van der Waals surface area contributed by atoms with Gasteiger partial charge in [-0.3, -0.25) is 0 Å². The van der Waals surface area contributed by atoms with Crippen molar-refractivity contribution in [1.29, 1.82) is 0 Å². The van der Waals surface area contributed by atoms with E-state index in [2.05, 4.69) is 5.32 Å². The van der Waals surface area contributed by atoms with Crippen LogP contribution in [0.15, 0.2) is 36.4 Å². The number of methoxy groups -OCH3 is 3. The van der Waals surface area contributed by atoms with Crippen LogP contribution in [0, 0.1) is 5.92 Å². The lowest BCUT2D eigenvalue weighted by Crippen LogP contribution is -2.51. The molecule has 2 atom stereocenters. The molecule has 8 heteroatoms. The number of nitrogens with zero attached hydrogens (tertiary/aromatic N) is 1. The van der Waals surface area contributed by atoms with Crippen LogP contribution in [-0.4, -0.2) is 55.9 Å². The fraction of sp³-hybridized carbons (Fsp3) is 0.440. The van der Waals surface area contributed by atoms with Crippen LogP contribution in [-0.2, 0) is 11.2 Å². The Kier molecular flexibility index (Phi) is 7.68. The monoisotopic (exact) mass is 456 g/mol. The molecule has 0 aromatic heterocycles. The highest BCUT2D eigenvalue weighted by atomic mass is 16.5. The molecule has 0 spiro atoms. The first-order valence-corrected chi connectivity index (χ1v) is 11.0. The van der Waals surface area contributed by atoms with E-state index < -0.39 is 24.1 Å². The van der Waals surface area contributed by atoms with Crippen LogP contribution in [0.2, 0.25) is 0 Å². The molecule has 1 aliphatic heterocycles. The molecule has 2 aromatic rings. The number of carboxylic acid groups (broad SMARTS) is 1. The maximum absolute atomic E-state index is 13.4. The SMILES string of the molecule is COc1ccc([C@H]2c3cc(OC)c(OC)cc3CCN2C(=O)N[C@@H](CC(C)C)C(=O)O)cc1. The molecule has 2 N–H and O–H groups in total. The van der Waals surface area contributed by atoms with Gasteiger partial charge in [0.1, 0.15) is 11.8 Å². The van der Waals surface area contributed by atoms with E-state index in [1.54, 1.807) is 26.2 Å². The first-order chi connectivity index (χ1) is 15.8. The Balaban J connectivity index is 2.04. The molecule has 178 valence electrons. The zero-order valence-electron chi connectivity index (χ0n) is 19.8. The average Bonchev–Trinajstić information content (AvgIpc) is 2.81. The summed E-state index contributed by atoms with van der Waals surface area (Å²) in [5.74, 6) is 0.996. The minimum atomic E-state index is -1.04. The van der Waals surface area contributed by atoms with E-state index >= 15 is 0 Å². The fourth-order valence-corrected chi connectivity index (χ4v) is 4.24. The molecule has 0 bridgehead atoms. The van der Waals surface area contributed by atoms with Crippen molar-refractivity contribution in [2.75, 3.05) is 27.9 Å². The lowest BCUT2D eigenvalue weighted by molar-refractivity contribution is -0.139. The molecule has 0 aliphatic carbocycles. The molecule has 0 unspecified atom stereocenters. The summed E-state index contributed by atoms with van der Waals surface area (Å²) >= 11 is 0. The van der Waals surface area contributed by atoms with Gasteiger partial charge in [0.05, 0.1) is 27.4 Å². The number of carboxylic acids is 1. The van der Waals surface area contributed by atoms with Crippen LogP contribution < -0.4 is 19.5 Å². The predicted octanol–water partition coefficient (Wildman–Crippen LogP) is 3.87. The van der Waals surface area contributed by atoms with E-state index in [-0.39, 0.29) is 5.92 Å². The third kappa shape index (κ3) is 5.32. The molecule has 3 rings (SSSR count). The molecule has 0 saturated carbocycles. The molecule has 2 amide bonds. The number of hydrogen-bond acceptors (Lipinski definition) is 5. The van der Waals surface area contributed by atoms with Gasteiger partial charge >= 0.3 is 12.0 Å². The normalized spacial score (nSPS) is 16.1. The number of amides is 2. The summed E-state index contributed by atoms with van der Waals surface area (Å²) in [6.45, 7) is 4.29. The van der Waals surface area contributed by atoms with Gasteiger partial charge in [0.25, 0.3) is 0 Å². The zero-order valence-corrected chi connectivity index (χ0v) is 19.8. The van der Waals surface area contributed by atoms with Crippen molar-refractivity contribution in [2.45, 2.75) is 38.8 Å². The highest BCUT2D eigenvalue weighted by Crippen LogP contribution is 2.41. The highest BCUT2D eigenvalue weighted by Gasteiger charge is 2.35. The Bertz CT molecular complexity index is 989. The Hall–Kier alpha value is -3.42. The maximum Gasteiger partial charge on any atom is 0.326 e. The quantitative estimate of drug-likeness (QED) is 0.626. The fourth-order valence-electron chi connectivity index (χ4n) is 4.24. The average molecular weight is 457 g/mol. The van der Waals surface area contributed by atoms with Crippen LogP contribution >= 0.6 is 0 Å². The molecular weight excluding hydrogens is 424 g/mol. The third-order valence-electron chi connectivity index (χ3n) is 5.87. The number of hydrogen-bond donors (Lipinski definition) is 2. The number of urea groups is 1. The van der Waals surface area contributed by atoms with Gasteiger partial charge in [0.2, 0.25) is 0 Å². The van der Waals surface area contributed by atoms with E-state index in [0.717, 1.165) is 16.7 Å². The predicted molar refractivity (Wildman–Crippen MR) is 124 cm³/mol. The van der Waals surface area contributed by atoms with Gasteiger partial charge in [0, 0.05) is 6.54 Å². The summed E-state index contributed by atoms with van der Waals surface area (Å²) in [7, 11) is 4.76. The van der Waals surface area contributed by atoms with E-state index in [4.69, 9.17) is 14.2 Å². The maximum atomic E-state index is 13.4. The number of carbonyl (C=O) groups excluding carboxylic acids is 1. The molecule has 0 fully saturated rings. The number of carbonyl (C=O) groups is 2. The van der Waals surface area contributed by atoms with Gasteiger partial charge in [-0.05, 0) is 59.7 Å². The Labute approximate surface area is 194 Å². The van der Waals surface area contributed by atoms with Crippen molar-refractivity contribution in [2.24, 2.45) is 5.92 Å². The van der Waals surface area contributed by atoms with Crippen LogP contribution in [0.5, 0.6) is 17.2 Å². The lowest BCUT2D eigenvalue weighted by Gasteiger charge is -2.38. The number of fused-ring (bicyclic) bond motifs is 1. The number of nitrogens with one attached hydrogen (secondary N) is 1. The van der Waals surface area contributed by atoms with Gasteiger partial charge in [0.15, 0.2) is 11.5 Å². The summed E-state index contributed by atoms with van der Waals surface area (Å²) in [5, 5.41) is 12.3. The summed E-state index contributed by atoms with van der Waals surface area (Å²) in [6.07, 6.45) is 0.960. The molecular formula is C25H32N2O6. The van der Waals surface area contributed by atoms with Gasteiger partial charge in [-0.2, -0.15) is 0 Å². The molecule has 1 aliphatic rings. The first-order valence-electron chi connectivity index (χ1n) is 11.0. The van der Waals surface area contributed by atoms with Gasteiger partial charge in [-0.15, -0.1) is 0 Å². The van der Waals surface area contributed by atoms with Gasteiger partial charge in [-0.25, -0.2) is 9.59 Å². The Morgan fingerprint density at radius 3 is 2.24 bits per heavy atom. The summed E-state index contributed by atoms with van der Waals surface area (Å²) in [6, 6.07) is 9.57. The largest absolute Gasteiger partial charge is 0.497 e.